The maximum absolute atomic E-state index is 11.6. The molecule has 1 aromatic carbocycles. The Morgan fingerprint density at radius 3 is 2.84 bits per heavy atom. The number of amides is 1. The monoisotopic (exact) mass is 259 g/mol. The summed E-state index contributed by atoms with van der Waals surface area (Å²) in [5.41, 5.74) is 1.59. The van der Waals surface area contributed by atoms with Crippen LogP contribution in [-0.4, -0.2) is 13.0 Å². The van der Waals surface area contributed by atoms with Crippen LogP contribution in [0.1, 0.15) is 19.8 Å². The van der Waals surface area contributed by atoms with Gasteiger partial charge in [0.15, 0.2) is 0 Å². The fraction of sp³-hybridized carbons (Fsp3) is 0.267. The third-order valence-corrected chi connectivity index (χ3v) is 2.76. The van der Waals surface area contributed by atoms with E-state index >= 15 is 0 Å². The summed E-state index contributed by atoms with van der Waals surface area (Å²) in [6.45, 7) is 1.97. The van der Waals surface area contributed by atoms with Crippen LogP contribution in [0, 0.1) is 0 Å². The lowest BCUT2D eigenvalue weighted by atomic mass is 10.1. The second-order valence-electron chi connectivity index (χ2n) is 4.19. The van der Waals surface area contributed by atoms with Crippen molar-refractivity contribution in [1.82, 2.24) is 0 Å². The maximum Gasteiger partial charge on any atom is 0.224 e. The quantitative estimate of drug-likeness (QED) is 0.890. The molecule has 19 heavy (non-hydrogen) atoms. The van der Waals surface area contributed by atoms with Gasteiger partial charge in [0.25, 0.3) is 0 Å². The number of carbonyl (C=O) groups excluding carboxylic acids is 1. The van der Waals surface area contributed by atoms with Crippen molar-refractivity contribution >= 4 is 11.6 Å². The molecule has 0 saturated heterocycles. The molecule has 0 aliphatic rings. The van der Waals surface area contributed by atoms with Gasteiger partial charge in [0.2, 0.25) is 5.91 Å². The lowest BCUT2D eigenvalue weighted by Crippen LogP contribution is -2.11. The summed E-state index contributed by atoms with van der Waals surface area (Å²) in [4.78, 5) is 11.6. The summed E-state index contributed by atoms with van der Waals surface area (Å²) in [5, 5.41) is 2.84. The zero-order chi connectivity index (χ0) is 13.7. The van der Waals surface area contributed by atoms with E-state index in [0.29, 0.717) is 17.9 Å². The molecular weight excluding hydrogens is 242 g/mol. The van der Waals surface area contributed by atoms with Crippen LogP contribution in [0.15, 0.2) is 41.0 Å². The van der Waals surface area contributed by atoms with Crippen molar-refractivity contribution < 1.29 is 13.9 Å². The Morgan fingerprint density at radius 1 is 1.37 bits per heavy atom. The fourth-order valence-electron chi connectivity index (χ4n) is 1.83. The SMILES string of the molecule is CCCC(=O)Nc1ccc(-c2ccco2)cc1OC. The van der Waals surface area contributed by atoms with Crippen molar-refractivity contribution in [3.05, 3.63) is 36.6 Å². The van der Waals surface area contributed by atoms with Crippen LogP contribution in [0.25, 0.3) is 11.3 Å². The Labute approximate surface area is 112 Å². The van der Waals surface area contributed by atoms with E-state index in [1.165, 1.54) is 0 Å². The second-order valence-corrected chi connectivity index (χ2v) is 4.19. The van der Waals surface area contributed by atoms with Crippen molar-refractivity contribution in [3.63, 3.8) is 0 Å². The van der Waals surface area contributed by atoms with Crippen molar-refractivity contribution in [2.45, 2.75) is 19.8 Å². The van der Waals surface area contributed by atoms with Gasteiger partial charge < -0.3 is 14.5 Å². The number of carbonyl (C=O) groups is 1. The Balaban J connectivity index is 2.24. The van der Waals surface area contributed by atoms with E-state index in [1.807, 2.05) is 37.3 Å². The van der Waals surface area contributed by atoms with E-state index in [-0.39, 0.29) is 5.91 Å². The first-order valence-electron chi connectivity index (χ1n) is 6.26. The normalized spacial score (nSPS) is 10.2. The van der Waals surface area contributed by atoms with E-state index in [2.05, 4.69) is 5.32 Å². The molecule has 4 nitrogen and oxygen atoms in total. The third kappa shape index (κ3) is 3.16. The predicted octanol–water partition coefficient (Wildman–Crippen LogP) is 3.69. The Bertz CT molecular complexity index is 547. The zero-order valence-electron chi connectivity index (χ0n) is 11.1. The zero-order valence-corrected chi connectivity index (χ0v) is 11.1. The number of hydrogen-bond donors (Lipinski definition) is 1. The Hall–Kier alpha value is -2.23. The van der Waals surface area contributed by atoms with E-state index in [0.717, 1.165) is 17.7 Å². The number of ether oxygens (including phenoxy) is 1. The molecule has 0 aliphatic carbocycles. The highest BCUT2D eigenvalue weighted by Crippen LogP contribution is 2.31. The van der Waals surface area contributed by atoms with Crippen LogP contribution in [0.5, 0.6) is 5.75 Å². The predicted molar refractivity (Wildman–Crippen MR) is 74.2 cm³/mol. The highest BCUT2D eigenvalue weighted by molar-refractivity contribution is 5.92. The topological polar surface area (TPSA) is 51.5 Å². The molecule has 4 heteroatoms. The Morgan fingerprint density at radius 2 is 2.21 bits per heavy atom. The van der Waals surface area contributed by atoms with Crippen LogP contribution in [0.4, 0.5) is 5.69 Å². The van der Waals surface area contributed by atoms with Crippen LogP contribution < -0.4 is 10.1 Å². The number of methoxy groups -OCH3 is 1. The van der Waals surface area contributed by atoms with Crippen molar-refractivity contribution in [3.8, 4) is 17.1 Å². The molecule has 0 bridgehead atoms. The molecule has 2 aromatic rings. The lowest BCUT2D eigenvalue weighted by Gasteiger charge is -2.11. The smallest absolute Gasteiger partial charge is 0.224 e. The standard InChI is InChI=1S/C15H17NO3/c1-3-5-15(17)16-12-8-7-11(10-14(12)18-2)13-6-4-9-19-13/h4,6-10H,3,5H2,1-2H3,(H,16,17). The molecule has 1 N–H and O–H groups in total. The van der Waals surface area contributed by atoms with Gasteiger partial charge >= 0.3 is 0 Å². The molecule has 0 aliphatic heterocycles. The van der Waals surface area contributed by atoms with Crippen LogP contribution >= 0.6 is 0 Å². The molecule has 0 saturated carbocycles. The number of anilines is 1. The summed E-state index contributed by atoms with van der Waals surface area (Å²) >= 11 is 0. The molecular formula is C15H17NO3. The first-order valence-corrected chi connectivity index (χ1v) is 6.26. The fourth-order valence-corrected chi connectivity index (χ4v) is 1.83. The van der Waals surface area contributed by atoms with Gasteiger partial charge in [0, 0.05) is 12.0 Å². The van der Waals surface area contributed by atoms with E-state index in [9.17, 15) is 4.79 Å². The largest absolute Gasteiger partial charge is 0.495 e. The summed E-state index contributed by atoms with van der Waals surface area (Å²) in [5.74, 6) is 1.38. The number of hydrogen-bond acceptors (Lipinski definition) is 3. The molecule has 0 unspecified atom stereocenters. The summed E-state index contributed by atoms with van der Waals surface area (Å²) in [6.07, 6.45) is 2.94. The molecule has 2 rings (SSSR count). The highest BCUT2D eigenvalue weighted by Gasteiger charge is 2.09. The average molecular weight is 259 g/mol. The summed E-state index contributed by atoms with van der Waals surface area (Å²) in [7, 11) is 1.58. The lowest BCUT2D eigenvalue weighted by molar-refractivity contribution is -0.116. The van der Waals surface area contributed by atoms with Crippen LogP contribution in [0.3, 0.4) is 0 Å². The van der Waals surface area contributed by atoms with Crippen LogP contribution in [0.2, 0.25) is 0 Å². The van der Waals surface area contributed by atoms with Crippen molar-refractivity contribution in [1.29, 1.82) is 0 Å². The average Bonchev–Trinajstić information content (AvgIpc) is 2.93. The van der Waals surface area contributed by atoms with Gasteiger partial charge in [-0.1, -0.05) is 6.92 Å². The van der Waals surface area contributed by atoms with E-state index in [4.69, 9.17) is 9.15 Å². The second kappa shape index (κ2) is 6.09. The highest BCUT2D eigenvalue weighted by atomic mass is 16.5. The van der Waals surface area contributed by atoms with Gasteiger partial charge in [-0.05, 0) is 36.8 Å². The molecule has 0 fully saturated rings. The molecule has 1 heterocycles. The number of furan rings is 1. The van der Waals surface area contributed by atoms with Crippen LogP contribution in [-0.2, 0) is 4.79 Å². The van der Waals surface area contributed by atoms with Gasteiger partial charge in [-0.15, -0.1) is 0 Å². The molecule has 0 radical (unpaired) electrons. The van der Waals surface area contributed by atoms with Crippen molar-refractivity contribution in [2.24, 2.45) is 0 Å². The minimum atomic E-state index is -0.00783. The molecule has 0 spiro atoms. The van der Waals surface area contributed by atoms with Gasteiger partial charge in [-0.2, -0.15) is 0 Å². The number of benzene rings is 1. The van der Waals surface area contributed by atoms with Gasteiger partial charge in [-0.25, -0.2) is 0 Å². The van der Waals surface area contributed by atoms with E-state index in [1.54, 1.807) is 13.4 Å². The number of nitrogens with one attached hydrogen (secondary N) is 1. The van der Waals surface area contributed by atoms with Gasteiger partial charge in [0.1, 0.15) is 11.5 Å². The first-order chi connectivity index (χ1) is 9.24. The van der Waals surface area contributed by atoms with Crippen molar-refractivity contribution in [2.75, 3.05) is 12.4 Å². The maximum atomic E-state index is 11.6. The summed E-state index contributed by atoms with van der Waals surface area (Å²) < 4.78 is 10.6. The molecule has 1 amide bonds. The minimum Gasteiger partial charge on any atom is -0.495 e. The molecule has 1 aromatic heterocycles. The first kappa shape index (κ1) is 13.2. The van der Waals surface area contributed by atoms with Gasteiger partial charge in [-0.3, -0.25) is 4.79 Å². The Kier molecular flexibility index (Phi) is 4.23. The molecule has 0 atom stereocenters. The number of rotatable bonds is 5. The van der Waals surface area contributed by atoms with E-state index < -0.39 is 0 Å². The third-order valence-electron chi connectivity index (χ3n) is 2.76. The minimum absolute atomic E-state index is 0.00783. The molecule has 100 valence electrons. The summed E-state index contributed by atoms with van der Waals surface area (Å²) in [6, 6.07) is 9.27. The van der Waals surface area contributed by atoms with Gasteiger partial charge in [0.05, 0.1) is 19.1 Å².